The van der Waals surface area contributed by atoms with Crippen LogP contribution in [0.25, 0.3) is 0 Å². The first-order valence-electron chi connectivity index (χ1n) is 9.04. The first kappa shape index (κ1) is 19.5. The molecule has 0 unspecified atom stereocenters. The molecule has 0 aliphatic carbocycles. The SMILES string of the molecule is CC(C)c1ccc(S(=O)(=O)N2CCCCC2(C)C)c(C(C)(C)C)c1. The lowest BCUT2D eigenvalue weighted by Gasteiger charge is -2.42. The summed E-state index contributed by atoms with van der Waals surface area (Å²) < 4.78 is 28.7. The van der Waals surface area contributed by atoms with E-state index in [4.69, 9.17) is 0 Å². The summed E-state index contributed by atoms with van der Waals surface area (Å²) in [6, 6.07) is 5.90. The molecule has 24 heavy (non-hydrogen) atoms. The lowest BCUT2D eigenvalue weighted by molar-refractivity contribution is 0.169. The van der Waals surface area contributed by atoms with Gasteiger partial charge in [0.25, 0.3) is 0 Å². The number of sulfonamides is 1. The Balaban J connectivity index is 2.62. The van der Waals surface area contributed by atoms with Crippen molar-refractivity contribution in [3.05, 3.63) is 29.3 Å². The third kappa shape index (κ3) is 3.70. The van der Waals surface area contributed by atoms with Gasteiger partial charge in [0.2, 0.25) is 10.0 Å². The molecule has 1 aliphatic rings. The van der Waals surface area contributed by atoms with Crippen molar-refractivity contribution >= 4 is 10.0 Å². The minimum atomic E-state index is -3.49. The van der Waals surface area contributed by atoms with E-state index in [9.17, 15) is 8.42 Å². The third-order valence-electron chi connectivity index (χ3n) is 5.12. The van der Waals surface area contributed by atoms with Crippen molar-refractivity contribution in [3.63, 3.8) is 0 Å². The Morgan fingerprint density at radius 1 is 1.12 bits per heavy atom. The second-order valence-corrected chi connectivity index (χ2v) is 10.8. The molecule has 4 heteroatoms. The molecule has 2 rings (SSSR count). The Morgan fingerprint density at radius 3 is 2.25 bits per heavy atom. The quantitative estimate of drug-likeness (QED) is 0.763. The van der Waals surface area contributed by atoms with Gasteiger partial charge in [-0.2, -0.15) is 4.31 Å². The van der Waals surface area contributed by atoms with Crippen molar-refractivity contribution in [1.29, 1.82) is 0 Å². The van der Waals surface area contributed by atoms with Crippen molar-refractivity contribution in [3.8, 4) is 0 Å². The summed E-state index contributed by atoms with van der Waals surface area (Å²) >= 11 is 0. The fourth-order valence-electron chi connectivity index (χ4n) is 3.52. The van der Waals surface area contributed by atoms with Gasteiger partial charge in [0.1, 0.15) is 0 Å². The van der Waals surface area contributed by atoms with E-state index in [1.165, 1.54) is 5.56 Å². The Labute approximate surface area is 148 Å². The molecule has 0 N–H and O–H groups in total. The average molecular weight is 352 g/mol. The highest BCUT2D eigenvalue weighted by Gasteiger charge is 2.40. The van der Waals surface area contributed by atoms with Crippen molar-refractivity contribution in [2.75, 3.05) is 6.54 Å². The van der Waals surface area contributed by atoms with Crippen LogP contribution in [0.2, 0.25) is 0 Å². The summed E-state index contributed by atoms with van der Waals surface area (Å²) in [6.07, 6.45) is 2.95. The number of piperidine rings is 1. The van der Waals surface area contributed by atoms with Gasteiger partial charge >= 0.3 is 0 Å². The van der Waals surface area contributed by atoms with Gasteiger partial charge in [0, 0.05) is 12.1 Å². The highest BCUT2D eigenvalue weighted by molar-refractivity contribution is 7.89. The Hall–Kier alpha value is -0.870. The summed E-state index contributed by atoms with van der Waals surface area (Å²) in [5, 5.41) is 0. The minimum Gasteiger partial charge on any atom is -0.207 e. The predicted octanol–water partition coefficient (Wildman–Crippen LogP) is 5.06. The molecule has 1 aliphatic heterocycles. The molecule has 136 valence electrons. The predicted molar refractivity (Wildman–Crippen MR) is 101 cm³/mol. The van der Waals surface area contributed by atoms with Gasteiger partial charge in [-0.15, -0.1) is 0 Å². The van der Waals surface area contributed by atoms with Crippen LogP contribution in [0.1, 0.15) is 84.8 Å². The van der Waals surface area contributed by atoms with Crippen LogP contribution in [0.4, 0.5) is 0 Å². The fourth-order valence-corrected chi connectivity index (χ4v) is 5.75. The summed E-state index contributed by atoms with van der Waals surface area (Å²) in [7, 11) is -3.49. The first-order valence-corrected chi connectivity index (χ1v) is 10.5. The van der Waals surface area contributed by atoms with Crippen LogP contribution >= 0.6 is 0 Å². The standard InChI is InChI=1S/C20H33NO2S/c1-15(2)16-10-11-18(17(14-16)19(3,4)5)24(22,23)21-13-9-8-12-20(21,6)7/h10-11,14-15H,8-9,12-13H2,1-7H3. The summed E-state index contributed by atoms with van der Waals surface area (Å²) in [5.74, 6) is 0.384. The maximum Gasteiger partial charge on any atom is 0.243 e. The normalized spacial score (nSPS) is 19.7. The minimum absolute atomic E-state index is 0.215. The second kappa shape index (κ2) is 6.45. The van der Waals surface area contributed by atoms with E-state index in [1.54, 1.807) is 4.31 Å². The van der Waals surface area contributed by atoms with Crippen molar-refractivity contribution in [1.82, 2.24) is 4.31 Å². The highest BCUT2D eigenvalue weighted by Crippen LogP contribution is 2.38. The first-order chi connectivity index (χ1) is 10.9. The van der Waals surface area contributed by atoms with Gasteiger partial charge in [-0.05, 0) is 55.2 Å². The molecule has 1 fully saturated rings. The van der Waals surface area contributed by atoms with Gasteiger partial charge in [0.15, 0.2) is 0 Å². The topological polar surface area (TPSA) is 37.4 Å². The molecule has 1 heterocycles. The van der Waals surface area contributed by atoms with Crippen molar-refractivity contribution < 1.29 is 8.42 Å². The summed E-state index contributed by atoms with van der Waals surface area (Å²) in [6.45, 7) is 15.3. The maximum absolute atomic E-state index is 13.5. The van der Waals surface area contributed by atoms with E-state index in [1.807, 2.05) is 26.0 Å². The molecular formula is C20H33NO2S. The van der Waals surface area contributed by atoms with Gasteiger partial charge in [0.05, 0.1) is 4.90 Å². The lowest BCUT2D eigenvalue weighted by Crippen LogP contribution is -2.50. The fraction of sp³-hybridized carbons (Fsp3) is 0.700. The van der Waals surface area contributed by atoms with E-state index < -0.39 is 10.0 Å². The molecule has 0 amide bonds. The molecular weight excluding hydrogens is 318 g/mol. The number of nitrogens with zero attached hydrogens (tertiary/aromatic N) is 1. The van der Waals surface area contributed by atoms with Gasteiger partial charge < -0.3 is 0 Å². The number of benzene rings is 1. The zero-order valence-corrected chi connectivity index (χ0v) is 17.1. The molecule has 0 aromatic heterocycles. The van der Waals surface area contributed by atoms with Crippen LogP contribution in [-0.4, -0.2) is 24.8 Å². The summed E-state index contributed by atoms with van der Waals surface area (Å²) in [4.78, 5) is 0.481. The van der Waals surface area contributed by atoms with Crippen LogP contribution in [-0.2, 0) is 15.4 Å². The average Bonchev–Trinajstić information content (AvgIpc) is 2.44. The molecule has 0 saturated carbocycles. The van der Waals surface area contributed by atoms with Crippen LogP contribution < -0.4 is 0 Å². The van der Waals surface area contributed by atoms with E-state index >= 15 is 0 Å². The van der Waals surface area contributed by atoms with Crippen molar-refractivity contribution in [2.45, 2.75) is 89.5 Å². The molecule has 0 spiro atoms. The van der Waals surface area contributed by atoms with Gasteiger partial charge in [-0.1, -0.05) is 53.2 Å². The van der Waals surface area contributed by atoms with Crippen molar-refractivity contribution in [2.24, 2.45) is 0 Å². The maximum atomic E-state index is 13.5. The number of rotatable bonds is 3. The van der Waals surface area contributed by atoms with Crippen LogP contribution in [0, 0.1) is 0 Å². The monoisotopic (exact) mass is 351 g/mol. The molecule has 3 nitrogen and oxygen atoms in total. The van der Waals surface area contributed by atoms with E-state index in [2.05, 4.69) is 40.7 Å². The zero-order chi connectivity index (χ0) is 18.3. The zero-order valence-electron chi connectivity index (χ0n) is 16.3. The van der Waals surface area contributed by atoms with Crippen LogP contribution in [0.15, 0.2) is 23.1 Å². The van der Waals surface area contributed by atoms with E-state index in [0.29, 0.717) is 17.4 Å². The lowest BCUT2D eigenvalue weighted by atomic mass is 9.85. The Bertz CT molecular complexity index is 697. The summed E-state index contributed by atoms with van der Waals surface area (Å²) in [5.41, 5.74) is 1.59. The van der Waals surface area contributed by atoms with Crippen LogP contribution in [0.3, 0.4) is 0 Å². The van der Waals surface area contributed by atoms with Crippen LogP contribution in [0.5, 0.6) is 0 Å². The van der Waals surface area contributed by atoms with E-state index in [0.717, 1.165) is 24.8 Å². The Morgan fingerprint density at radius 2 is 1.75 bits per heavy atom. The third-order valence-corrected chi connectivity index (χ3v) is 7.29. The molecule has 0 bridgehead atoms. The van der Waals surface area contributed by atoms with Gasteiger partial charge in [-0.25, -0.2) is 8.42 Å². The molecule has 0 radical (unpaired) electrons. The highest BCUT2D eigenvalue weighted by atomic mass is 32.2. The van der Waals surface area contributed by atoms with E-state index in [-0.39, 0.29) is 11.0 Å². The Kier molecular flexibility index (Phi) is 5.23. The smallest absolute Gasteiger partial charge is 0.207 e. The second-order valence-electron chi connectivity index (χ2n) is 9.01. The molecule has 1 saturated heterocycles. The number of hydrogen-bond acceptors (Lipinski definition) is 2. The molecule has 1 aromatic rings. The van der Waals surface area contributed by atoms with Gasteiger partial charge in [-0.3, -0.25) is 0 Å². The molecule has 1 aromatic carbocycles. The molecule has 0 atom stereocenters. The number of hydrogen-bond donors (Lipinski definition) is 0. The largest absolute Gasteiger partial charge is 0.243 e.